The number of aryl methyl sites for hydroxylation is 2. The summed E-state index contributed by atoms with van der Waals surface area (Å²) in [6.07, 6.45) is 2.31. The lowest BCUT2D eigenvalue weighted by molar-refractivity contribution is 0.0954. The second-order valence-corrected chi connectivity index (χ2v) is 6.06. The monoisotopic (exact) mass is 366 g/mol. The smallest absolute Gasteiger partial charge is 0.255 e. The maximum absolute atomic E-state index is 12.6. The molecule has 2 heterocycles. The van der Waals surface area contributed by atoms with Crippen LogP contribution in [0, 0.1) is 13.8 Å². The minimum absolute atomic E-state index is 0.189. The highest BCUT2D eigenvalue weighted by molar-refractivity contribution is 5.99. The lowest BCUT2D eigenvalue weighted by atomic mass is 10.1. The molecule has 0 aliphatic rings. The van der Waals surface area contributed by atoms with E-state index in [9.17, 15) is 4.79 Å². The number of carbonyl (C=O) groups excluding carboxylic acids is 1. The van der Waals surface area contributed by atoms with E-state index >= 15 is 0 Å². The first kappa shape index (κ1) is 18.4. The summed E-state index contributed by atoms with van der Waals surface area (Å²) in [6.45, 7) is 4.25. The first-order valence-corrected chi connectivity index (χ1v) is 8.64. The summed E-state index contributed by atoms with van der Waals surface area (Å²) < 4.78 is 10.3. The van der Waals surface area contributed by atoms with E-state index in [4.69, 9.17) is 9.26 Å². The summed E-state index contributed by atoms with van der Waals surface area (Å²) in [6, 6.07) is 10.9. The first-order valence-electron chi connectivity index (χ1n) is 8.64. The van der Waals surface area contributed by atoms with Gasteiger partial charge in [-0.25, -0.2) is 4.98 Å². The summed E-state index contributed by atoms with van der Waals surface area (Å²) in [4.78, 5) is 16.9. The van der Waals surface area contributed by atoms with Crippen LogP contribution in [-0.4, -0.2) is 29.7 Å². The molecule has 7 nitrogen and oxygen atoms in total. The third kappa shape index (κ3) is 4.44. The molecule has 140 valence electrons. The quantitative estimate of drug-likeness (QED) is 0.666. The minimum Gasteiger partial charge on any atom is -0.497 e. The Morgan fingerprint density at radius 1 is 1.19 bits per heavy atom. The van der Waals surface area contributed by atoms with Crippen LogP contribution < -0.4 is 15.4 Å². The maximum atomic E-state index is 12.6. The second-order valence-electron chi connectivity index (χ2n) is 6.06. The number of ether oxygens (including phenoxy) is 1. The van der Waals surface area contributed by atoms with Crippen LogP contribution in [0.4, 0.5) is 11.5 Å². The Bertz CT molecular complexity index is 900. The molecule has 0 atom stereocenters. The number of nitrogens with zero attached hydrogens (tertiary/aromatic N) is 2. The SMILES string of the molecule is COc1ccc(Nc2ncccc2C(=O)NCCc2c(C)noc2C)cc1. The van der Waals surface area contributed by atoms with E-state index < -0.39 is 0 Å². The predicted molar refractivity (Wildman–Crippen MR) is 103 cm³/mol. The summed E-state index contributed by atoms with van der Waals surface area (Å²) >= 11 is 0. The van der Waals surface area contributed by atoms with Gasteiger partial charge in [0.15, 0.2) is 0 Å². The number of methoxy groups -OCH3 is 1. The van der Waals surface area contributed by atoms with Crippen LogP contribution in [0.2, 0.25) is 0 Å². The molecule has 0 spiro atoms. The van der Waals surface area contributed by atoms with Gasteiger partial charge in [0.25, 0.3) is 5.91 Å². The number of benzene rings is 1. The lowest BCUT2D eigenvalue weighted by Gasteiger charge is -2.11. The van der Waals surface area contributed by atoms with Crippen molar-refractivity contribution in [2.24, 2.45) is 0 Å². The van der Waals surface area contributed by atoms with Crippen molar-refractivity contribution in [2.75, 3.05) is 19.0 Å². The average Bonchev–Trinajstić information content (AvgIpc) is 3.01. The number of amides is 1. The van der Waals surface area contributed by atoms with Crippen LogP contribution in [0.3, 0.4) is 0 Å². The molecule has 2 aromatic heterocycles. The van der Waals surface area contributed by atoms with Crippen molar-refractivity contribution in [3.8, 4) is 5.75 Å². The molecular weight excluding hydrogens is 344 g/mol. The molecule has 3 aromatic rings. The number of rotatable bonds is 7. The molecule has 1 amide bonds. The van der Waals surface area contributed by atoms with E-state index in [0.717, 1.165) is 28.5 Å². The third-order valence-electron chi connectivity index (χ3n) is 4.25. The Morgan fingerprint density at radius 2 is 1.96 bits per heavy atom. The highest BCUT2D eigenvalue weighted by Gasteiger charge is 2.14. The van der Waals surface area contributed by atoms with E-state index in [1.165, 1.54) is 0 Å². The van der Waals surface area contributed by atoms with Gasteiger partial charge in [-0.2, -0.15) is 0 Å². The molecule has 0 radical (unpaired) electrons. The van der Waals surface area contributed by atoms with Gasteiger partial charge < -0.3 is 19.9 Å². The van der Waals surface area contributed by atoms with Gasteiger partial charge in [-0.05, 0) is 56.7 Å². The van der Waals surface area contributed by atoms with Crippen LogP contribution >= 0.6 is 0 Å². The second kappa shape index (κ2) is 8.35. The number of nitrogens with one attached hydrogen (secondary N) is 2. The first-order chi connectivity index (χ1) is 13.1. The predicted octanol–water partition coefficient (Wildman–Crippen LogP) is 3.41. The lowest BCUT2D eigenvalue weighted by Crippen LogP contribution is -2.26. The number of pyridine rings is 1. The largest absolute Gasteiger partial charge is 0.497 e. The Morgan fingerprint density at radius 3 is 2.63 bits per heavy atom. The highest BCUT2D eigenvalue weighted by Crippen LogP contribution is 2.21. The van der Waals surface area contributed by atoms with Crippen LogP contribution in [0.15, 0.2) is 47.1 Å². The molecule has 0 aliphatic heterocycles. The molecule has 27 heavy (non-hydrogen) atoms. The number of carbonyl (C=O) groups is 1. The molecule has 0 saturated carbocycles. The van der Waals surface area contributed by atoms with E-state index in [1.54, 1.807) is 25.4 Å². The van der Waals surface area contributed by atoms with Gasteiger partial charge in [0.1, 0.15) is 17.3 Å². The average molecular weight is 366 g/mol. The van der Waals surface area contributed by atoms with Crippen molar-refractivity contribution < 1.29 is 14.1 Å². The van der Waals surface area contributed by atoms with Crippen molar-refractivity contribution in [1.82, 2.24) is 15.5 Å². The van der Waals surface area contributed by atoms with Crippen molar-refractivity contribution in [3.63, 3.8) is 0 Å². The van der Waals surface area contributed by atoms with Crippen molar-refractivity contribution in [3.05, 3.63) is 65.2 Å². The van der Waals surface area contributed by atoms with Crippen LogP contribution in [0.5, 0.6) is 5.75 Å². The molecule has 7 heteroatoms. The van der Waals surface area contributed by atoms with Gasteiger partial charge >= 0.3 is 0 Å². The van der Waals surface area contributed by atoms with Crippen LogP contribution in [-0.2, 0) is 6.42 Å². The van der Waals surface area contributed by atoms with Gasteiger partial charge in [0.05, 0.1) is 18.4 Å². The minimum atomic E-state index is -0.189. The van der Waals surface area contributed by atoms with Gasteiger partial charge in [0.2, 0.25) is 0 Å². The van der Waals surface area contributed by atoms with Gasteiger partial charge in [-0.1, -0.05) is 5.16 Å². The van der Waals surface area contributed by atoms with Gasteiger partial charge in [-0.15, -0.1) is 0 Å². The number of aromatic nitrogens is 2. The van der Waals surface area contributed by atoms with E-state index in [-0.39, 0.29) is 5.91 Å². The zero-order valence-corrected chi connectivity index (χ0v) is 15.6. The van der Waals surface area contributed by atoms with E-state index in [1.807, 2.05) is 38.1 Å². The fourth-order valence-electron chi connectivity index (χ4n) is 2.75. The Kier molecular flexibility index (Phi) is 5.71. The third-order valence-corrected chi connectivity index (χ3v) is 4.25. The summed E-state index contributed by atoms with van der Waals surface area (Å²) in [7, 11) is 1.62. The molecule has 3 rings (SSSR count). The van der Waals surface area contributed by atoms with Crippen LogP contribution in [0.25, 0.3) is 0 Å². The zero-order chi connectivity index (χ0) is 19.2. The summed E-state index contributed by atoms with van der Waals surface area (Å²) in [5, 5.41) is 10.0. The normalized spacial score (nSPS) is 10.5. The summed E-state index contributed by atoms with van der Waals surface area (Å²) in [5.74, 6) is 1.85. The molecule has 0 bridgehead atoms. The van der Waals surface area contributed by atoms with Crippen molar-refractivity contribution >= 4 is 17.4 Å². The topological polar surface area (TPSA) is 89.3 Å². The molecular formula is C20H22N4O3. The Hall–Kier alpha value is -3.35. The fourth-order valence-corrected chi connectivity index (χ4v) is 2.75. The number of hydrogen-bond acceptors (Lipinski definition) is 6. The molecule has 0 aliphatic carbocycles. The Labute approximate surface area is 157 Å². The standard InChI is InChI=1S/C20H22N4O3/c1-13-17(14(2)27-24-13)10-12-22-20(25)18-5-4-11-21-19(18)23-15-6-8-16(26-3)9-7-15/h4-9,11H,10,12H2,1-3H3,(H,21,23)(H,22,25). The van der Waals surface area contributed by atoms with E-state index in [0.29, 0.717) is 24.3 Å². The number of hydrogen-bond donors (Lipinski definition) is 2. The van der Waals surface area contributed by atoms with Crippen molar-refractivity contribution in [1.29, 1.82) is 0 Å². The molecule has 0 saturated heterocycles. The summed E-state index contributed by atoms with van der Waals surface area (Å²) in [5.41, 5.74) is 3.18. The maximum Gasteiger partial charge on any atom is 0.255 e. The van der Waals surface area contributed by atoms with Gasteiger partial charge in [0, 0.05) is 24.0 Å². The molecule has 1 aromatic carbocycles. The van der Waals surface area contributed by atoms with E-state index in [2.05, 4.69) is 20.8 Å². The molecule has 2 N–H and O–H groups in total. The molecule has 0 unspecified atom stereocenters. The van der Waals surface area contributed by atoms with Gasteiger partial charge in [-0.3, -0.25) is 4.79 Å². The zero-order valence-electron chi connectivity index (χ0n) is 15.6. The molecule has 0 fully saturated rings. The number of anilines is 2. The highest BCUT2D eigenvalue weighted by atomic mass is 16.5. The fraction of sp³-hybridized carbons (Fsp3) is 0.250. The Balaban J connectivity index is 1.66. The van der Waals surface area contributed by atoms with Crippen LogP contribution in [0.1, 0.15) is 27.4 Å². The van der Waals surface area contributed by atoms with Crippen molar-refractivity contribution in [2.45, 2.75) is 20.3 Å².